The molecule has 3 aromatic carbocycles. The molecule has 0 spiro atoms. The number of hydrogen-bond acceptors (Lipinski definition) is 5. The van der Waals surface area contributed by atoms with Crippen molar-refractivity contribution in [2.75, 3.05) is 20.1 Å². The maximum absolute atomic E-state index is 14.0. The molecular formula is C33H33F2N5O3. The molecule has 7 rings (SSSR count). The van der Waals surface area contributed by atoms with Crippen LogP contribution in [0.2, 0.25) is 0 Å². The Morgan fingerprint density at radius 2 is 1.42 bits per heavy atom. The van der Waals surface area contributed by atoms with Crippen molar-refractivity contribution < 1.29 is 23.2 Å². The number of likely N-dealkylation sites (N-methyl/N-ethyl adjacent to an activating group) is 1. The highest BCUT2D eigenvalue weighted by Crippen LogP contribution is 2.34. The zero-order valence-electron chi connectivity index (χ0n) is 23.9. The Balaban J connectivity index is 1.21. The van der Waals surface area contributed by atoms with Crippen LogP contribution in [0.25, 0.3) is 0 Å². The van der Waals surface area contributed by atoms with Crippen LogP contribution in [0, 0.1) is 11.6 Å². The zero-order chi connectivity index (χ0) is 30.1. The van der Waals surface area contributed by atoms with E-state index in [0.29, 0.717) is 29.3 Å². The van der Waals surface area contributed by atoms with Crippen LogP contribution in [-0.2, 0) is 33.9 Å². The summed E-state index contributed by atoms with van der Waals surface area (Å²) in [6.45, 7) is 1.86. The van der Waals surface area contributed by atoms with Gasteiger partial charge >= 0.3 is 0 Å². The Labute approximate surface area is 248 Å². The molecule has 3 saturated heterocycles. The summed E-state index contributed by atoms with van der Waals surface area (Å²) in [5, 5.41) is 5.71. The predicted octanol–water partition coefficient (Wildman–Crippen LogP) is 3.29. The van der Waals surface area contributed by atoms with Gasteiger partial charge in [-0.25, -0.2) is 8.78 Å². The predicted molar refractivity (Wildman–Crippen MR) is 157 cm³/mol. The highest BCUT2D eigenvalue weighted by Gasteiger charge is 2.43. The van der Waals surface area contributed by atoms with Crippen LogP contribution in [0.5, 0.6) is 0 Å². The summed E-state index contributed by atoms with van der Waals surface area (Å²) in [7, 11) is 2.08. The minimum absolute atomic E-state index is 0.0661. The number of nitrogens with one attached hydrogen (secondary N) is 2. The summed E-state index contributed by atoms with van der Waals surface area (Å²) in [5.41, 5.74) is 3.60. The number of carbonyl (C=O) groups excluding carboxylic acids is 3. The van der Waals surface area contributed by atoms with Crippen molar-refractivity contribution in [1.82, 2.24) is 20.4 Å². The molecule has 3 fully saturated rings. The van der Waals surface area contributed by atoms with Crippen molar-refractivity contribution >= 4 is 23.4 Å². The van der Waals surface area contributed by atoms with Crippen LogP contribution >= 0.6 is 0 Å². The number of rotatable bonds is 8. The number of halogens is 2. The Morgan fingerprint density at radius 1 is 0.814 bits per heavy atom. The van der Waals surface area contributed by atoms with Gasteiger partial charge in [-0.3, -0.25) is 24.3 Å². The van der Waals surface area contributed by atoms with Crippen LogP contribution in [0.15, 0.2) is 71.7 Å². The van der Waals surface area contributed by atoms with Crippen molar-refractivity contribution in [2.45, 2.75) is 50.5 Å². The number of nitrogens with zero attached hydrogens (tertiary/aromatic N) is 3. The van der Waals surface area contributed by atoms with Crippen molar-refractivity contribution in [1.29, 1.82) is 0 Å². The summed E-state index contributed by atoms with van der Waals surface area (Å²) in [4.78, 5) is 48.9. The van der Waals surface area contributed by atoms with E-state index in [4.69, 9.17) is 0 Å². The highest BCUT2D eigenvalue weighted by molar-refractivity contribution is 6.47. The maximum Gasteiger partial charge on any atom is 0.273 e. The van der Waals surface area contributed by atoms with Gasteiger partial charge in [0.15, 0.2) is 6.04 Å². The van der Waals surface area contributed by atoms with Gasteiger partial charge in [-0.05, 0) is 72.5 Å². The average molecular weight is 586 g/mol. The molecule has 3 aromatic rings. The first-order valence-electron chi connectivity index (χ1n) is 14.5. The Morgan fingerprint density at radius 3 is 2.02 bits per heavy atom. The van der Waals surface area contributed by atoms with Gasteiger partial charge in [-0.2, -0.15) is 0 Å². The summed E-state index contributed by atoms with van der Waals surface area (Å²) >= 11 is 0. The van der Waals surface area contributed by atoms with Gasteiger partial charge in [0.25, 0.3) is 5.91 Å². The lowest BCUT2D eigenvalue weighted by atomic mass is 9.90. The molecule has 2 bridgehead atoms. The first kappa shape index (κ1) is 28.7. The van der Waals surface area contributed by atoms with E-state index in [9.17, 15) is 23.2 Å². The fourth-order valence-corrected chi connectivity index (χ4v) is 6.16. The first-order chi connectivity index (χ1) is 20.7. The molecule has 3 atom stereocenters. The van der Waals surface area contributed by atoms with E-state index >= 15 is 0 Å². The van der Waals surface area contributed by atoms with Crippen molar-refractivity contribution in [3.63, 3.8) is 0 Å². The summed E-state index contributed by atoms with van der Waals surface area (Å²) in [6.07, 6.45) is 2.03. The van der Waals surface area contributed by atoms with Crippen molar-refractivity contribution in [2.24, 2.45) is 4.99 Å². The van der Waals surface area contributed by atoms with E-state index in [1.165, 1.54) is 24.3 Å². The van der Waals surface area contributed by atoms with E-state index in [-0.39, 0.29) is 60.6 Å². The van der Waals surface area contributed by atoms with Gasteiger partial charge in [0.2, 0.25) is 11.8 Å². The Hall–Kier alpha value is -4.44. The number of aliphatic imine (C=N–C) groups is 1. The molecule has 3 unspecified atom stereocenters. The molecule has 43 heavy (non-hydrogen) atoms. The van der Waals surface area contributed by atoms with E-state index < -0.39 is 6.04 Å². The van der Waals surface area contributed by atoms with Gasteiger partial charge in [0.05, 0.1) is 6.42 Å². The number of hydrogen-bond donors (Lipinski definition) is 2. The van der Waals surface area contributed by atoms with Crippen molar-refractivity contribution in [3.05, 3.63) is 106 Å². The molecule has 4 aliphatic heterocycles. The second kappa shape index (κ2) is 12.0. The standard InChI is InChI=1S/C33H33F2N5O3/c1-39-18-26-12-11-25(39)19-40(26)33(43)31-28-14-22(15-29(41)36-16-20-2-7-23(34)8-3-20)6-13-27(28)30(38-31)32(42)37-17-21-4-9-24(35)10-5-21/h2-10,13-14,25-26,30H,11-12,15-19H2,1H3,(H,36,41)(H,37,42). The van der Waals surface area contributed by atoms with E-state index in [1.807, 2.05) is 4.90 Å². The number of fused-ring (bicyclic) bond motifs is 4. The van der Waals surface area contributed by atoms with Gasteiger partial charge in [0, 0.05) is 43.8 Å². The lowest BCUT2D eigenvalue weighted by Gasteiger charge is -2.50. The Bertz CT molecular complexity index is 1570. The number of amides is 3. The molecule has 8 nitrogen and oxygen atoms in total. The third kappa shape index (κ3) is 6.19. The monoisotopic (exact) mass is 585 g/mol. The maximum atomic E-state index is 14.0. The topological polar surface area (TPSA) is 94.1 Å². The van der Waals surface area contributed by atoms with Crippen LogP contribution in [-0.4, -0.2) is 65.5 Å². The Kier molecular flexibility index (Phi) is 8.03. The first-order valence-corrected chi connectivity index (χ1v) is 14.5. The van der Waals surface area contributed by atoms with Gasteiger partial charge in [-0.15, -0.1) is 0 Å². The van der Waals surface area contributed by atoms with Crippen LogP contribution in [0.1, 0.15) is 46.7 Å². The minimum atomic E-state index is -0.916. The van der Waals surface area contributed by atoms with Gasteiger partial charge < -0.3 is 15.5 Å². The quantitative estimate of drug-likeness (QED) is 0.425. The second-order valence-electron chi connectivity index (χ2n) is 11.5. The SMILES string of the molecule is CN1CC2CCC1CN2C(=O)C1=NC(C(=O)NCc2ccc(F)cc2)c2ccc(CC(=O)NCc3ccc(F)cc3)cc21. The van der Waals surface area contributed by atoms with Crippen LogP contribution in [0.3, 0.4) is 0 Å². The molecule has 0 saturated carbocycles. The fourth-order valence-electron chi connectivity index (χ4n) is 6.16. The van der Waals surface area contributed by atoms with Crippen molar-refractivity contribution in [3.8, 4) is 0 Å². The molecule has 4 aliphatic rings. The van der Waals surface area contributed by atoms with Gasteiger partial charge in [0.1, 0.15) is 17.3 Å². The molecule has 0 radical (unpaired) electrons. The summed E-state index contributed by atoms with van der Waals surface area (Å²) in [6, 6.07) is 16.6. The lowest BCUT2D eigenvalue weighted by Crippen LogP contribution is -2.63. The van der Waals surface area contributed by atoms with Gasteiger partial charge in [-0.1, -0.05) is 36.4 Å². The third-order valence-electron chi connectivity index (χ3n) is 8.59. The smallest absolute Gasteiger partial charge is 0.273 e. The highest BCUT2D eigenvalue weighted by atomic mass is 19.1. The molecule has 0 aromatic heterocycles. The normalized spacial score (nSPS) is 20.9. The number of piperidine rings is 2. The molecule has 0 aliphatic carbocycles. The minimum Gasteiger partial charge on any atom is -0.352 e. The molecular weight excluding hydrogens is 552 g/mol. The summed E-state index contributed by atoms with van der Waals surface area (Å²) < 4.78 is 26.5. The fraction of sp³-hybridized carbons (Fsp3) is 0.333. The number of carbonyl (C=O) groups is 3. The number of piperazine rings is 1. The molecule has 3 amide bonds. The number of benzene rings is 3. The summed E-state index contributed by atoms with van der Waals surface area (Å²) in [5.74, 6) is -1.48. The lowest BCUT2D eigenvalue weighted by molar-refractivity contribution is -0.133. The zero-order valence-corrected chi connectivity index (χ0v) is 23.9. The van der Waals surface area contributed by atoms with E-state index in [1.54, 1.807) is 42.5 Å². The molecule has 10 heteroatoms. The van der Waals surface area contributed by atoms with E-state index in [0.717, 1.165) is 30.5 Å². The van der Waals surface area contributed by atoms with Crippen LogP contribution in [0.4, 0.5) is 8.78 Å². The molecule has 2 N–H and O–H groups in total. The molecule has 4 heterocycles. The largest absolute Gasteiger partial charge is 0.352 e. The average Bonchev–Trinajstić information content (AvgIpc) is 3.39. The van der Waals surface area contributed by atoms with Crippen LogP contribution < -0.4 is 10.6 Å². The van der Waals surface area contributed by atoms with E-state index in [2.05, 4.69) is 27.6 Å². The third-order valence-corrected chi connectivity index (χ3v) is 8.59. The molecule has 222 valence electrons. The second-order valence-corrected chi connectivity index (χ2v) is 11.5.